The van der Waals surface area contributed by atoms with Gasteiger partial charge in [0.25, 0.3) is 0 Å². The molecule has 3 aromatic carbocycles. The standard InChI is InChI=1S/C27H30O5Se/c1-29-22-13-9-20(10-14-22)27(19-7-5-4-6-8-19,21-11-15-23(30-2)16-12-21)32-17-24-26(28)25(33-3)18-31-24/h4-16,24-26,28H,17-18H2,1-3H3/t24-,25?,26+/m1/s1. The molecule has 0 aromatic heterocycles. The van der Waals surface area contributed by atoms with Crippen LogP contribution in [0, 0.1) is 0 Å². The molecule has 3 aromatic rings. The predicted octanol–water partition coefficient (Wildman–Crippen LogP) is 4.31. The van der Waals surface area contributed by atoms with E-state index in [1.165, 1.54) is 0 Å². The van der Waals surface area contributed by atoms with E-state index in [1.807, 2.05) is 66.7 Å². The van der Waals surface area contributed by atoms with Crippen molar-refractivity contribution in [1.82, 2.24) is 0 Å². The fraction of sp³-hybridized carbons (Fsp3) is 0.333. The van der Waals surface area contributed by atoms with E-state index >= 15 is 0 Å². The Morgan fingerprint density at radius 3 is 1.82 bits per heavy atom. The maximum absolute atomic E-state index is 10.8. The zero-order valence-corrected chi connectivity index (χ0v) is 20.9. The molecule has 4 rings (SSSR count). The van der Waals surface area contributed by atoms with Crippen molar-refractivity contribution in [1.29, 1.82) is 0 Å². The van der Waals surface area contributed by atoms with Gasteiger partial charge in [-0.3, -0.25) is 0 Å². The number of rotatable bonds is 9. The Kier molecular flexibility index (Phi) is 7.74. The molecule has 1 saturated heterocycles. The Morgan fingerprint density at radius 2 is 1.36 bits per heavy atom. The molecule has 0 radical (unpaired) electrons. The SMILES string of the molecule is COc1ccc(C(OC[C@H]2OCC([Se]C)[C@H]2O)(c2ccccc2)c2ccc(OC)cc2)cc1. The van der Waals surface area contributed by atoms with E-state index in [9.17, 15) is 5.11 Å². The Morgan fingerprint density at radius 1 is 0.848 bits per heavy atom. The minimum absolute atomic E-state index is 0.194. The van der Waals surface area contributed by atoms with Crippen LogP contribution in [0.2, 0.25) is 10.6 Å². The average molecular weight is 513 g/mol. The topological polar surface area (TPSA) is 57.2 Å². The molecule has 0 aliphatic carbocycles. The van der Waals surface area contributed by atoms with Crippen molar-refractivity contribution < 1.29 is 24.1 Å². The van der Waals surface area contributed by atoms with E-state index in [4.69, 9.17) is 18.9 Å². The fourth-order valence-electron chi connectivity index (χ4n) is 4.29. The first-order valence-corrected chi connectivity index (χ1v) is 13.6. The van der Waals surface area contributed by atoms with Crippen molar-refractivity contribution >= 4 is 15.0 Å². The summed E-state index contributed by atoms with van der Waals surface area (Å²) in [5.41, 5.74) is 2.01. The molecule has 0 amide bonds. The summed E-state index contributed by atoms with van der Waals surface area (Å²) < 4.78 is 23.6. The maximum atomic E-state index is 10.8. The molecule has 1 heterocycles. The van der Waals surface area contributed by atoms with E-state index in [-0.39, 0.29) is 17.5 Å². The first-order chi connectivity index (χ1) is 16.1. The monoisotopic (exact) mass is 514 g/mol. The summed E-state index contributed by atoms with van der Waals surface area (Å²) in [6, 6.07) is 26.0. The summed E-state index contributed by atoms with van der Waals surface area (Å²) in [6.07, 6.45) is -0.883. The van der Waals surface area contributed by atoms with Crippen LogP contribution >= 0.6 is 0 Å². The predicted molar refractivity (Wildman–Crippen MR) is 129 cm³/mol. The zero-order valence-electron chi connectivity index (χ0n) is 19.1. The Labute approximate surface area is 201 Å². The van der Waals surface area contributed by atoms with Crippen LogP contribution in [0.3, 0.4) is 0 Å². The second-order valence-electron chi connectivity index (χ2n) is 7.95. The average Bonchev–Trinajstić information content (AvgIpc) is 3.25. The van der Waals surface area contributed by atoms with Crippen LogP contribution in [-0.2, 0) is 15.1 Å². The van der Waals surface area contributed by atoms with Gasteiger partial charge in [0, 0.05) is 0 Å². The first kappa shape index (κ1) is 23.8. The third kappa shape index (κ3) is 4.81. The fourth-order valence-corrected chi connectivity index (χ4v) is 5.69. The molecule has 1 N–H and O–H groups in total. The number of methoxy groups -OCH3 is 2. The van der Waals surface area contributed by atoms with Crippen LogP contribution in [0.15, 0.2) is 78.9 Å². The number of ether oxygens (including phenoxy) is 4. The molecular weight excluding hydrogens is 483 g/mol. The van der Waals surface area contributed by atoms with E-state index in [1.54, 1.807) is 14.2 Å². The van der Waals surface area contributed by atoms with Crippen molar-refractivity contribution in [2.75, 3.05) is 27.4 Å². The first-order valence-electron chi connectivity index (χ1n) is 10.9. The zero-order chi connectivity index (χ0) is 23.3. The molecular formula is C27H30O5Se. The number of aliphatic hydroxyl groups excluding tert-OH is 1. The van der Waals surface area contributed by atoms with E-state index < -0.39 is 11.7 Å². The minimum atomic E-state index is -0.904. The van der Waals surface area contributed by atoms with Gasteiger partial charge < -0.3 is 0 Å². The molecule has 1 fully saturated rings. The van der Waals surface area contributed by atoms with Crippen molar-refractivity contribution in [2.24, 2.45) is 0 Å². The summed E-state index contributed by atoms with van der Waals surface area (Å²) in [5.74, 6) is 3.69. The normalized spacial score (nSPS) is 20.5. The third-order valence-electron chi connectivity index (χ3n) is 6.18. The summed E-state index contributed by atoms with van der Waals surface area (Å²) in [7, 11) is 3.31. The number of aliphatic hydroxyl groups is 1. The van der Waals surface area contributed by atoms with Gasteiger partial charge in [0.05, 0.1) is 0 Å². The van der Waals surface area contributed by atoms with Crippen molar-refractivity contribution in [2.45, 2.75) is 28.4 Å². The van der Waals surface area contributed by atoms with Gasteiger partial charge in [0.2, 0.25) is 0 Å². The van der Waals surface area contributed by atoms with E-state index in [0.717, 1.165) is 28.2 Å². The molecule has 5 nitrogen and oxygen atoms in total. The molecule has 0 spiro atoms. The van der Waals surface area contributed by atoms with Crippen LogP contribution in [0.1, 0.15) is 16.7 Å². The Balaban J connectivity index is 1.81. The molecule has 3 atom stereocenters. The van der Waals surface area contributed by atoms with Gasteiger partial charge in [-0.1, -0.05) is 0 Å². The second-order valence-corrected chi connectivity index (χ2v) is 10.2. The van der Waals surface area contributed by atoms with Crippen molar-refractivity contribution in [3.63, 3.8) is 0 Å². The molecule has 0 saturated carbocycles. The molecule has 6 heteroatoms. The summed E-state index contributed by atoms with van der Waals surface area (Å²) in [4.78, 5) is 0.194. The van der Waals surface area contributed by atoms with Crippen molar-refractivity contribution in [3.05, 3.63) is 95.6 Å². The van der Waals surface area contributed by atoms with Gasteiger partial charge in [-0.25, -0.2) is 0 Å². The molecule has 0 bridgehead atoms. The summed E-state index contributed by atoms with van der Waals surface area (Å²) >= 11 is 0.316. The van der Waals surface area contributed by atoms with E-state index in [0.29, 0.717) is 21.6 Å². The van der Waals surface area contributed by atoms with Crippen LogP contribution in [0.5, 0.6) is 11.5 Å². The van der Waals surface area contributed by atoms with Gasteiger partial charge >= 0.3 is 202 Å². The number of benzene rings is 3. The van der Waals surface area contributed by atoms with Gasteiger partial charge in [-0.2, -0.15) is 0 Å². The molecule has 33 heavy (non-hydrogen) atoms. The molecule has 174 valence electrons. The van der Waals surface area contributed by atoms with Crippen LogP contribution in [0.4, 0.5) is 0 Å². The number of hydrogen-bond donors (Lipinski definition) is 1. The van der Waals surface area contributed by atoms with Crippen LogP contribution < -0.4 is 9.47 Å². The second kappa shape index (κ2) is 10.7. The number of hydrogen-bond acceptors (Lipinski definition) is 5. The van der Waals surface area contributed by atoms with Gasteiger partial charge in [-0.15, -0.1) is 0 Å². The Bertz CT molecular complexity index is 959. The molecule has 1 unspecified atom stereocenters. The Hall–Kier alpha value is -2.34. The summed E-state index contributed by atoms with van der Waals surface area (Å²) in [6.45, 7) is 0.843. The molecule has 1 aliphatic rings. The summed E-state index contributed by atoms with van der Waals surface area (Å²) in [5, 5.41) is 10.8. The van der Waals surface area contributed by atoms with Crippen molar-refractivity contribution in [3.8, 4) is 11.5 Å². The third-order valence-corrected chi connectivity index (χ3v) is 8.32. The van der Waals surface area contributed by atoms with Gasteiger partial charge in [0.15, 0.2) is 0 Å². The van der Waals surface area contributed by atoms with Gasteiger partial charge in [0.1, 0.15) is 0 Å². The van der Waals surface area contributed by atoms with E-state index in [2.05, 4.69) is 18.0 Å². The molecule has 1 aliphatic heterocycles. The van der Waals surface area contributed by atoms with Crippen LogP contribution in [-0.4, -0.2) is 59.7 Å². The van der Waals surface area contributed by atoms with Crippen LogP contribution in [0.25, 0.3) is 0 Å². The van der Waals surface area contributed by atoms with Gasteiger partial charge in [-0.05, 0) is 0 Å². The quantitative estimate of drug-likeness (QED) is 0.342.